The fraction of sp³-hybridized carbons (Fsp3) is 0.385. The number of aromatic nitrogens is 2. The van der Waals surface area contributed by atoms with Gasteiger partial charge in [-0.05, 0) is 75.0 Å². The Kier molecular flexibility index (Phi) is 5.95. The number of rotatable bonds is 5. The summed E-state index contributed by atoms with van der Waals surface area (Å²) in [5.74, 6) is 0.630. The van der Waals surface area contributed by atoms with E-state index in [2.05, 4.69) is 56.4 Å². The minimum absolute atomic E-state index is 0.130. The van der Waals surface area contributed by atoms with Gasteiger partial charge in [0.15, 0.2) is 0 Å². The highest BCUT2D eigenvalue weighted by Crippen LogP contribution is 2.36. The standard InChI is InChI=1S/C26H31N5O/c1-30-13-11-20(12-14-30)19-7-9-22(10-8-19)28-26(32)29-23-15-24(16-23)31-18-27-17-25(31)21-5-3-2-4-6-21/h2-10,17-18,20,23-24H,11-16H2,1H3,(H2,28,29,32). The number of hydrogen-bond donors (Lipinski definition) is 2. The molecule has 1 aliphatic carbocycles. The Bertz CT molecular complexity index is 1030. The van der Waals surface area contributed by atoms with Gasteiger partial charge in [-0.2, -0.15) is 0 Å². The highest BCUT2D eigenvalue weighted by atomic mass is 16.2. The molecule has 2 N–H and O–H groups in total. The molecule has 2 aliphatic rings. The maximum absolute atomic E-state index is 12.5. The molecule has 1 saturated heterocycles. The summed E-state index contributed by atoms with van der Waals surface area (Å²) in [6, 6.07) is 19.1. The third-order valence-corrected chi connectivity index (χ3v) is 6.94. The van der Waals surface area contributed by atoms with Gasteiger partial charge in [-0.3, -0.25) is 0 Å². The van der Waals surface area contributed by atoms with Crippen molar-refractivity contribution in [2.75, 3.05) is 25.5 Å². The molecule has 2 aromatic carbocycles. The molecule has 5 rings (SSSR count). The van der Waals surface area contributed by atoms with E-state index in [1.807, 2.05) is 42.9 Å². The Hall–Kier alpha value is -3.12. The second kappa shape index (κ2) is 9.17. The number of nitrogens with one attached hydrogen (secondary N) is 2. The zero-order chi connectivity index (χ0) is 21.9. The maximum atomic E-state index is 12.5. The van der Waals surface area contributed by atoms with Crippen molar-refractivity contribution >= 4 is 11.7 Å². The average Bonchev–Trinajstić information content (AvgIpc) is 3.27. The summed E-state index contributed by atoms with van der Waals surface area (Å²) in [7, 11) is 2.18. The van der Waals surface area contributed by atoms with Crippen LogP contribution in [0.5, 0.6) is 0 Å². The van der Waals surface area contributed by atoms with E-state index >= 15 is 0 Å². The lowest BCUT2D eigenvalue weighted by atomic mass is 9.86. The van der Waals surface area contributed by atoms with Crippen LogP contribution in [-0.4, -0.2) is 46.7 Å². The van der Waals surface area contributed by atoms with Crippen molar-refractivity contribution in [3.63, 3.8) is 0 Å². The molecule has 0 unspecified atom stereocenters. The third-order valence-electron chi connectivity index (χ3n) is 6.94. The number of benzene rings is 2. The Balaban J connectivity index is 1.11. The highest BCUT2D eigenvalue weighted by Gasteiger charge is 2.32. The van der Waals surface area contributed by atoms with Crippen LogP contribution in [0, 0.1) is 0 Å². The summed E-state index contributed by atoms with van der Waals surface area (Å²) in [4.78, 5) is 19.2. The molecule has 6 heteroatoms. The Morgan fingerprint density at radius 3 is 2.44 bits per heavy atom. The number of imidazole rings is 1. The van der Waals surface area contributed by atoms with Crippen LogP contribution in [0.15, 0.2) is 67.1 Å². The van der Waals surface area contributed by atoms with Crippen LogP contribution in [0.1, 0.15) is 43.2 Å². The van der Waals surface area contributed by atoms with Crippen LogP contribution >= 0.6 is 0 Å². The number of carbonyl (C=O) groups is 1. The molecule has 2 heterocycles. The molecule has 32 heavy (non-hydrogen) atoms. The number of nitrogens with zero attached hydrogens (tertiary/aromatic N) is 3. The zero-order valence-electron chi connectivity index (χ0n) is 18.6. The Labute approximate surface area is 189 Å². The minimum atomic E-state index is -0.130. The fourth-order valence-electron chi connectivity index (χ4n) is 4.89. The Morgan fingerprint density at radius 1 is 1.00 bits per heavy atom. The van der Waals surface area contributed by atoms with E-state index in [0.717, 1.165) is 37.3 Å². The zero-order valence-corrected chi connectivity index (χ0v) is 18.6. The van der Waals surface area contributed by atoms with Crippen molar-refractivity contribution in [1.29, 1.82) is 0 Å². The van der Waals surface area contributed by atoms with Gasteiger partial charge in [0, 0.05) is 17.8 Å². The van der Waals surface area contributed by atoms with Gasteiger partial charge < -0.3 is 20.1 Å². The molecule has 1 aliphatic heterocycles. The van der Waals surface area contributed by atoms with Crippen molar-refractivity contribution in [3.8, 4) is 11.3 Å². The van der Waals surface area contributed by atoms with Crippen molar-refractivity contribution in [2.45, 2.75) is 43.7 Å². The molecule has 0 atom stereocenters. The monoisotopic (exact) mass is 429 g/mol. The van der Waals surface area contributed by atoms with Crippen LogP contribution in [0.25, 0.3) is 11.3 Å². The summed E-state index contributed by atoms with van der Waals surface area (Å²) in [6.07, 6.45) is 8.05. The first-order chi connectivity index (χ1) is 15.7. The van der Waals surface area contributed by atoms with E-state index in [-0.39, 0.29) is 12.1 Å². The highest BCUT2D eigenvalue weighted by molar-refractivity contribution is 5.89. The van der Waals surface area contributed by atoms with Crippen LogP contribution in [0.2, 0.25) is 0 Å². The number of hydrogen-bond acceptors (Lipinski definition) is 3. The van der Waals surface area contributed by atoms with Crippen molar-refractivity contribution in [2.24, 2.45) is 0 Å². The predicted molar refractivity (Wildman–Crippen MR) is 128 cm³/mol. The number of amides is 2. The fourth-order valence-corrected chi connectivity index (χ4v) is 4.89. The third kappa shape index (κ3) is 4.55. The summed E-state index contributed by atoms with van der Waals surface area (Å²) in [5.41, 5.74) is 4.52. The largest absolute Gasteiger partial charge is 0.335 e. The minimum Gasteiger partial charge on any atom is -0.335 e. The van der Waals surface area contributed by atoms with Gasteiger partial charge in [0.05, 0.1) is 18.2 Å². The second-order valence-electron chi connectivity index (χ2n) is 9.17. The van der Waals surface area contributed by atoms with Gasteiger partial charge in [0.25, 0.3) is 0 Å². The SMILES string of the molecule is CN1CCC(c2ccc(NC(=O)NC3CC(n4cncc4-c4ccccc4)C3)cc2)CC1. The lowest BCUT2D eigenvalue weighted by Gasteiger charge is -2.37. The molecule has 1 saturated carbocycles. The average molecular weight is 430 g/mol. The van der Waals surface area contributed by atoms with E-state index in [1.165, 1.54) is 24.0 Å². The lowest BCUT2D eigenvalue weighted by molar-refractivity contribution is 0.213. The summed E-state index contributed by atoms with van der Waals surface area (Å²) in [5, 5.41) is 6.10. The van der Waals surface area contributed by atoms with Gasteiger partial charge >= 0.3 is 6.03 Å². The molecule has 6 nitrogen and oxygen atoms in total. The lowest BCUT2D eigenvalue weighted by Crippen LogP contribution is -2.46. The molecule has 2 fully saturated rings. The normalized spacial score (nSPS) is 21.7. The van der Waals surface area contributed by atoms with E-state index < -0.39 is 0 Å². The molecule has 3 aromatic rings. The number of urea groups is 1. The van der Waals surface area contributed by atoms with Crippen molar-refractivity contribution in [3.05, 3.63) is 72.7 Å². The molecular formula is C26H31N5O. The van der Waals surface area contributed by atoms with E-state index in [9.17, 15) is 4.79 Å². The summed E-state index contributed by atoms with van der Waals surface area (Å²) >= 11 is 0. The Morgan fingerprint density at radius 2 is 1.72 bits per heavy atom. The number of carbonyl (C=O) groups excluding carboxylic acids is 1. The van der Waals surface area contributed by atoms with Crippen LogP contribution < -0.4 is 10.6 Å². The number of anilines is 1. The van der Waals surface area contributed by atoms with E-state index in [0.29, 0.717) is 12.0 Å². The van der Waals surface area contributed by atoms with Gasteiger partial charge in [0.2, 0.25) is 0 Å². The first kappa shape index (κ1) is 20.8. The van der Waals surface area contributed by atoms with Crippen LogP contribution in [0.4, 0.5) is 10.5 Å². The van der Waals surface area contributed by atoms with Gasteiger partial charge in [-0.1, -0.05) is 42.5 Å². The van der Waals surface area contributed by atoms with Gasteiger partial charge in [-0.25, -0.2) is 9.78 Å². The van der Waals surface area contributed by atoms with Gasteiger partial charge in [0.1, 0.15) is 0 Å². The molecule has 166 valence electrons. The van der Waals surface area contributed by atoms with Crippen molar-refractivity contribution < 1.29 is 4.79 Å². The smallest absolute Gasteiger partial charge is 0.319 e. The molecular weight excluding hydrogens is 398 g/mol. The number of piperidine rings is 1. The number of likely N-dealkylation sites (tertiary alicyclic amines) is 1. The van der Waals surface area contributed by atoms with Crippen molar-refractivity contribution in [1.82, 2.24) is 19.8 Å². The molecule has 0 radical (unpaired) electrons. The molecule has 2 amide bonds. The summed E-state index contributed by atoms with van der Waals surface area (Å²) in [6.45, 7) is 2.31. The van der Waals surface area contributed by atoms with Gasteiger partial charge in [-0.15, -0.1) is 0 Å². The summed E-state index contributed by atoms with van der Waals surface area (Å²) < 4.78 is 2.23. The van der Waals surface area contributed by atoms with Crippen LogP contribution in [-0.2, 0) is 0 Å². The topological polar surface area (TPSA) is 62.2 Å². The first-order valence-corrected chi connectivity index (χ1v) is 11.6. The van der Waals surface area contributed by atoms with Crippen LogP contribution in [0.3, 0.4) is 0 Å². The molecule has 1 aromatic heterocycles. The maximum Gasteiger partial charge on any atom is 0.319 e. The van der Waals surface area contributed by atoms with E-state index in [4.69, 9.17) is 0 Å². The quantitative estimate of drug-likeness (QED) is 0.607. The van der Waals surface area contributed by atoms with E-state index in [1.54, 1.807) is 0 Å². The molecule has 0 bridgehead atoms. The second-order valence-corrected chi connectivity index (χ2v) is 9.17. The predicted octanol–water partition coefficient (Wildman–Crippen LogP) is 4.88. The molecule has 0 spiro atoms. The first-order valence-electron chi connectivity index (χ1n) is 11.6.